The lowest BCUT2D eigenvalue weighted by Crippen LogP contribution is -2.38. The number of anilines is 3. The maximum Gasteiger partial charge on any atom is 0.264 e. The maximum atomic E-state index is 13.6. The van der Waals surface area contributed by atoms with Crippen LogP contribution in [0.3, 0.4) is 0 Å². The van der Waals surface area contributed by atoms with E-state index in [2.05, 4.69) is 5.32 Å². The van der Waals surface area contributed by atoms with E-state index in [1.807, 2.05) is 6.92 Å². The highest BCUT2D eigenvalue weighted by molar-refractivity contribution is 7.92. The van der Waals surface area contributed by atoms with Crippen molar-refractivity contribution < 1.29 is 18.0 Å². The lowest BCUT2D eigenvalue weighted by Gasteiger charge is -2.26. The first-order valence-electron chi connectivity index (χ1n) is 11.2. The molecule has 3 aromatic carbocycles. The Labute approximate surface area is 210 Å². The van der Waals surface area contributed by atoms with Gasteiger partial charge in [-0.1, -0.05) is 29.3 Å². The third-order valence-electron chi connectivity index (χ3n) is 5.86. The number of halogens is 1. The smallest absolute Gasteiger partial charge is 0.264 e. The molecule has 3 aromatic rings. The Hall–Kier alpha value is -3.36. The number of nitrogens with one attached hydrogen (secondary N) is 1. The molecule has 1 heterocycles. The first-order chi connectivity index (χ1) is 16.6. The largest absolute Gasteiger partial charge is 0.325 e. The minimum atomic E-state index is -4.03. The highest BCUT2D eigenvalue weighted by Gasteiger charge is 2.28. The van der Waals surface area contributed by atoms with Gasteiger partial charge in [0.15, 0.2) is 0 Å². The highest BCUT2D eigenvalue weighted by Crippen LogP contribution is 2.29. The van der Waals surface area contributed by atoms with Crippen LogP contribution in [0.5, 0.6) is 0 Å². The molecule has 1 aliphatic rings. The van der Waals surface area contributed by atoms with Crippen molar-refractivity contribution in [2.24, 2.45) is 0 Å². The van der Waals surface area contributed by atoms with Gasteiger partial charge in [0.1, 0.15) is 6.54 Å². The number of benzene rings is 3. The summed E-state index contributed by atoms with van der Waals surface area (Å²) in [5.41, 5.74) is 3.19. The fourth-order valence-corrected chi connectivity index (χ4v) is 5.72. The quantitative estimate of drug-likeness (QED) is 0.488. The van der Waals surface area contributed by atoms with Gasteiger partial charge in [-0.3, -0.25) is 13.9 Å². The summed E-state index contributed by atoms with van der Waals surface area (Å²) in [5.74, 6) is -0.419. The second kappa shape index (κ2) is 10.1. The molecule has 0 aromatic heterocycles. The van der Waals surface area contributed by atoms with Crippen molar-refractivity contribution in [3.05, 3.63) is 82.9 Å². The van der Waals surface area contributed by atoms with E-state index >= 15 is 0 Å². The van der Waals surface area contributed by atoms with Gasteiger partial charge < -0.3 is 10.2 Å². The van der Waals surface area contributed by atoms with E-state index in [4.69, 9.17) is 11.6 Å². The Morgan fingerprint density at radius 3 is 2.31 bits per heavy atom. The summed E-state index contributed by atoms with van der Waals surface area (Å²) in [5, 5.41) is 3.23. The highest BCUT2D eigenvalue weighted by atomic mass is 35.5. The van der Waals surface area contributed by atoms with Crippen molar-refractivity contribution in [1.29, 1.82) is 0 Å². The summed E-state index contributed by atoms with van der Waals surface area (Å²) in [6.07, 6.45) is 1.36. The van der Waals surface area contributed by atoms with Crippen molar-refractivity contribution >= 4 is 50.5 Å². The molecule has 0 spiro atoms. The standard InChI is InChI=1S/C26H26ClN3O4S/c1-18-5-12-23(13-6-18)35(33,34)30(24-14-7-20(27)16-19(24)2)17-25(31)28-21-8-10-22(11-9-21)29-15-3-4-26(29)32/h5-14,16H,3-4,15,17H2,1-2H3,(H,28,31). The first kappa shape index (κ1) is 24.8. The summed E-state index contributed by atoms with van der Waals surface area (Å²) in [4.78, 5) is 26.7. The van der Waals surface area contributed by atoms with E-state index in [1.54, 1.807) is 66.4 Å². The van der Waals surface area contributed by atoms with Crippen LogP contribution < -0.4 is 14.5 Å². The van der Waals surface area contributed by atoms with Gasteiger partial charge in [0.25, 0.3) is 10.0 Å². The van der Waals surface area contributed by atoms with Gasteiger partial charge in [-0.15, -0.1) is 0 Å². The molecule has 4 rings (SSSR count). The lowest BCUT2D eigenvalue weighted by atomic mass is 10.2. The minimum absolute atomic E-state index is 0.0806. The van der Waals surface area contributed by atoms with E-state index in [9.17, 15) is 18.0 Å². The molecule has 1 N–H and O–H groups in total. The normalized spacial score (nSPS) is 13.7. The molecule has 0 atom stereocenters. The SMILES string of the molecule is Cc1ccc(S(=O)(=O)N(CC(=O)Nc2ccc(N3CCCC3=O)cc2)c2ccc(Cl)cc2C)cc1. The summed E-state index contributed by atoms with van der Waals surface area (Å²) < 4.78 is 28.2. The van der Waals surface area contributed by atoms with Gasteiger partial charge in [-0.05, 0) is 80.4 Å². The monoisotopic (exact) mass is 511 g/mol. The number of carbonyl (C=O) groups is 2. The van der Waals surface area contributed by atoms with Crippen LogP contribution >= 0.6 is 11.6 Å². The third-order valence-corrected chi connectivity index (χ3v) is 7.87. The summed E-state index contributed by atoms with van der Waals surface area (Å²) in [7, 11) is -4.03. The van der Waals surface area contributed by atoms with E-state index < -0.39 is 22.5 Å². The third kappa shape index (κ3) is 5.49. The van der Waals surface area contributed by atoms with Gasteiger partial charge in [0.2, 0.25) is 11.8 Å². The zero-order valence-electron chi connectivity index (χ0n) is 19.5. The van der Waals surface area contributed by atoms with Crippen molar-refractivity contribution in [2.75, 3.05) is 27.6 Å². The molecule has 7 nitrogen and oxygen atoms in total. The Bertz CT molecular complexity index is 1360. The average molecular weight is 512 g/mol. The second-order valence-corrected chi connectivity index (χ2v) is 10.8. The number of aryl methyl sites for hydroxylation is 2. The second-order valence-electron chi connectivity index (χ2n) is 8.50. The van der Waals surface area contributed by atoms with E-state index in [0.29, 0.717) is 34.9 Å². The molecule has 35 heavy (non-hydrogen) atoms. The van der Waals surface area contributed by atoms with Crippen LogP contribution in [-0.4, -0.2) is 33.3 Å². The fourth-order valence-electron chi connectivity index (χ4n) is 4.01. The zero-order valence-corrected chi connectivity index (χ0v) is 21.1. The predicted molar refractivity (Wildman–Crippen MR) is 139 cm³/mol. The van der Waals surface area contributed by atoms with Gasteiger partial charge in [0, 0.05) is 29.4 Å². The number of carbonyl (C=O) groups excluding carboxylic acids is 2. The molecular weight excluding hydrogens is 486 g/mol. The van der Waals surface area contributed by atoms with Crippen LogP contribution in [0.2, 0.25) is 5.02 Å². The molecular formula is C26H26ClN3O4S. The summed E-state index contributed by atoms with van der Waals surface area (Å²) >= 11 is 6.08. The van der Waals surface area contributed by atoms with Crippen LogP contribution in [0.25, 0.3) is 0 Å². The topological polar surface area (TPSA) is 86.8 Å². The Balaban J connectivity index is 1.58. The van der Waals surface area contributed by atoms with E-state index in [0.717, 1.165) is 22.0 Å². The van der Waals surface area contributed by atoms with Crippen molar-refractivity contribution in [3.63, 3.8) is 0 Å². The van der Waals surface area contributed by atoms with Gasteiger partial charge in [0.05, 0.1) is 10.6 Å². The molecule has 0 aliphatic carbocycles. The number of amides is 2. The lowest BCUT2D eigenvalue weighted by molar-refractivity contribution is -0.117. The zero-order chi connectivity index (χ0) is 25.2. The van der Waals surface area contributed by atoms with Crippen molar-refractivity contribution in [2.45, 2.75) is 31.6 Å². The van der Waals surface area contributed by atoms with Crippen LogP contribution in [0, 0.1) is 13.8 Å². The summed E-state index contributed by atoms with van der Waals surface area (Å²) in [6.45, 7) is 3.87. The number of sulfonamides is 1. The van der Waals surface area contributed by atoms with E-state index in [-0.39, 0.29) is 10.8 Å². The molecule has 0 bridgehead atoms. The van der Waals surface area contributed by atoms with E-state index in [1.165, 1.54) is 12.1 Å². The van der Waals surface area contributed by atoms with Crippen molar-refractivity contribution in [3.8, 4) is 0 Å². The maximum absolute atomic E-state index is 13.6. The first-order valence-corrected chi connectivity index (χ1v) is 13.0. The summed E-state index contributed by atoms with van der Waals surface area (Å²) in [6, 6.07) is 18.3. The minimum Gasteiger partial charge on any atom is -0.325 e. The Morgan fingerprint density at radius 2 is 1.71 bits per heavy atom. The predicted octanol–water partition coefficient (Wildman–Crippen LogP) is 4.92. The molecule has 0 radical (unpaired) electrons. The van der Waals surface area contributed by atoms with Gasteiger partial charge >= 0.3 is 0 Å². The number of hydrogen-bond acceptors (Lipinski definition) is 4. The van der Waals surface area contributed by atoms with Crippen LogP contribution in [-0.2, 0) is 19.6 Å². The molecule has 182 valence electrons. The Morgan fingerprint density at radius 1 is 1.03 bits per heavy atom. The number of hydrogen-bond donors (Lipinski definition) is 1. The number of rotatable bonds is 7. The molecule has 0 unspecified atom stereocenters. The van der Waals surface area contributed by atoms with Crippen molar-refractivity contribution in [1.82, 2.24) is 0 Å². The molecule has 1 aliphatic heterocycles. The molecule has 2 amide bonds. The molecule has 1 fully saturated rings. The van der Waals surface area contributed by atoms with Crippen LogP contribution in [0.15, 0.2) is 71.6 Å². The molecule has 1 saturated heterocycles. The van der Waals surface area contributed by atoms with Gasteiger partial charge in [-0.25, -0.2) is 8.42 Å². The van der Waals surface area contributed by atoms with Gasteiger partial charge in [-0.2, -0.15) is 0 Å². The number of nitrogens with zero attached hydrogens (tertiary/aromatic N) is 2. The fraction of sp³-hybridized carbons (Fsp3) is 0.231. The van der Waals surface area contributed by atoms with Crippen LogP contribution in [0.4, 0.5) is 17.1 Å². The molecule has 9 heteroatoms. The van der Waals surface area contributed by atoms with Crippen LogP contribution in [0.1, 0.15) is 24.0 Å². The Kier molecular flexibility index (Phi) is 7.14. The molecule has 0 saturated carbocycles. The average Bonchev–Trinajstić information content (AvgIpc) is 3.24.